The van der Waals surface area contributed by atoms with Crippen molar-refractivity contribution in [1.29, 1.82) is 0 Å². The van der Waals surface area contributed by atoms with Gasteiger partial charge in [-0.1, -0.05) is 119 Å². The largest absolute Gasteiger partial charge is 0.334 e. The van der Waals surface area contributed by atoms with E-state index in [1.54, 1.807) is 29.5 Å². The van der Waals surface area contributed by atoms with Crippen LogP contribution in [-0.2, 0) is 27.1 Å². The van der Waals surface area contributed by atoms with Crippen LogP contribution in [0, 0.1) is 0 Å². The normalized spacial score (nSPS) is 26.4. The minimum atomic E-state index is -2.92. The number of hydrogen-bond acceptors (Lipinski definition) is 3. The van der Waals surface area contributed by atoms with E-state index in [9.17, 15) is 1.37 Å². The first-order valence-electron chi connectivity index (χ1n) is 24.0. The summed E-state index contributed by atoms with van der Waals surface area (Å²) >= 11 is 1.68. The average Bonchev–Trinajstić information content (AvgIpc) is 3.66. The fraction of sp³-hybridized carbons (Fsp3) is 0.480. The van der Waals surface area contributed by atoms with Crippen LogP contribution in [0.4, 0.5) is 28.4 Å². The first-order chi connectivity index (χ1) is 28.5. The zero-order valence-electron chi connectivity index (χ0n) is 42.4. The van der Waals surface area contributed by atoms with E-state index in [0.29, 0.717) is 17.1 Å². The maximum absolute atomic E-state index is 9.29. The number of thiophene rings is 1. The van der Waals surface area contributed by atoms with Crippen LogP contribution in [0.25, 0.3) is 10.1 Å². The summed E-state index contributed by atoms with van der Waals surface area (Å²) in [6, 6.07) is 20.3. The van der Waals surface area contributed by atoms with Crippen LogP contribution < -0.4 is 9.80 Å². The van der Waals surface area contributed by atoms with E-state index >= 15 is 0 Å². The lowest BCUT2D eigenvalue weighted by atomic mass is 9.61. The van der Waals surface area contributed by atoms with Crippen molar-refractivity contribution in [2.45, 2.75) is 154 Å². The van der Waals surface area contributed by atoms with E-state index in [2.05, 4.69) is 114 Å². The molecule has 2 nitrogen and oxygen atoms in total. The molecule has 278 valence electrons. The molecule has 8 rings (SSSR count). The van der Waals surface area contributed by atoms with Gasteiger partial charge in [0.1, 0.15) is 0 Å². The topological polar surface area (TPSA) is 6.48 Å². The van der Waals surface area contributed by atoms with Crippen molar-refractivity contribution in [1.82, 2.24) is 0 Å². The molecule has 2 atom stereocenters. The molecule has 53 heavy (non-hydrogen) atoms. The first-order valence-corrected chi connectivity index (χ1v) is 20.4. The molecular formula is C50H62N2S. The summed E-state index contributed by atoms with van der Waals surface area (Å²) in [4.78, 5) is 4.33. The Bertz CT molecular complexity index is 2580. The summed E-state index contributed by atoms with van der Waals surface area (Å²) in [5.74, 6) is 0. The highest BCUT2D eigenvalue weighted by molar-refractivity contribution is 7.17. The molecule has 0 radical (unpaired) electrons. The van der Waals surface area contributed by atoms with Crippen LogP contribution in [0.5, 0.6) is 0 Å². The van der Waals surface area contributed by atoms with Crippen molar-refractivity contribution >= 4 is 49.9 Å². The Hall–Kier alpha value is -3.56. The van der Waals surface area contributed by atoms with Gasteiger partial charge in [0.25, 0.3) is 0 Å². The molecule has 0 spiro atoms. The first kappa shape index (κ1) is 27.1. The van der Waals surface area contributed by atoms with E-state index in [0.717, 1.165) is 71.1 Å². The second-order valence-corrected chi connectivity index (χ2v) is 20.1. The van der Waals surface area contributed by atoms with Gasteiger partial charge in [0.05, 0.1) is 15.3 Å². The standard InChI is InChI=1S/C50H62N2S/c1-45(2,3)33-19-21-35(22-20-33)51(43-32-53-44-31-41-40(30-38(43)44)47(7,8)25-26-48(41,9)10)36-27-34(46(4,5)6)28-37(29-36)52-42-18-14-13-17-39(42)49(11)23-15-16-24-50(49,52)12/h13-14,17-22,27-32H,15-16,23-26H2,1-12H3/i4D3,5D3,13D,14D,17D. The van der Waals surface area contributed by atoms with Crippen molar-refractivity contribution in [3.05, 3.63) is 112 Å². The number of nitrogens with zero attached hydrogens (tertiary/aromatic N) is 2. The zero-order valence-corrected chi connectivity index (χ0v) is 34.2. The van der Waals surface area contributed by atoms with Crippen molar-refractivity contribution in [3.63, 3.8) is 0 Å². The Morgan fingerprint density at radius 2 is 1.38 bits per heavy atom. The fourth-order valence-electron chi connectivity index (χ4n) is 9.80. The second kappa shape index (κ2) is 12.0. The molecule has 2 unspecified atom stereocenters. The van der Waals surface area contributed by atoms with Crippen LogP contribution >= 0.6 is 11.3 Å². The summed E-state index contributed by atoms with van der Waals surface area (Å²) in [5.41, 5.74) is 4.70. The fourth-order valence-corrected chi connectivity index (χ4v) is 10.7. The third-order valence-corrected chi connectivity index (χ3v) is 14.5. The van der Waals surface area contributed by atoms with E-state index in [1.165, 1.54) is 18.1 Å². The third-order valence-electron chi connectivity index (χ3n) is 13.5. The Labute approximate surface area is 337 Å². The monoisotopic (exact) mass is 732 g/mol. The van der Waals surface area contributed by atoms with Crippen molar-refractivity contribution in [2.24, 2.45) is 0 Å². The predicted molar refractivity (Wildman–Crippen MR) is 232 cm³/mol. The number of para-hydroxylation sites is 1. The van der Waals surface area contributed by atoms with Crippen LogP contribution in [0.15, 0.2) is 84.2 Å². The number of anilines is 5. The summed E-state index contributed by atoms with van der Waals surface area (Å²) < 4.78 is 81.3. The molecule has 1 saturated carbocycles. The van der Waals surface area contributed by atoms with E-state index in [4.69, 9.17) is 11.0 Å². The van der Waals surface area contributed by atoms with Gasteiger partial charge in [0, 0.05) is 51.9 Å². The van der Waals surface area contributed by atoms with E-state index < -0.39 is 30.1 Å². The molecule has 4 aromatic carbocycles. The lowest BCUT2D eigenvalue weighted by molar-refractivity contribution is 0.195. The van der Waals surface area contributed by atoms with Crippen LogP contribution in [-0.4, -0.2) is 5.54 Å². The van der Waals surface area contributed by atoms with Gasteiger partial charge in [-0.05, 0) is 131 Å². The Morgan fingerprint density at radius 3 is 2.06 bits per heavy atom. The predicted octanol–water partition coefficient (Wildman–Crippen LogP) is 15.1. The van der Waals surface area contributed by atoms with Gasteiger partial charge >= 0.3 is 0 Å². The number of benzene rings is 4. The molecule has 1 aromatic heterocycles. The molecule has 1 aliphatic heterocycles. The van der Waals surface area contributed by atoms with Crippen molar-refractivity contribution in [2.75, 3.05) is 9.80 Å². The van der Waals surface area contributed by atoms with Gasteiger partial charge in [-0.2, -0.15) is 0 Å². The quantitative estimate of drug-likeness (QED) is 0.182. The Balaban J connectivity index is 1.48. The smallest absolute Gasteiger partial charge is 0.0647 e. The van der Waals surface area contributed by atoms with Crippen molar-refractivity contribution in [3.8, 4) is 0 Å². The molecular weight excluding hydrogens is 661 g/mol. The van der Waals surface area contributed by atoms with E-state index in [1.807, 2.05) is 6.07 Å². The third kappa shape index (κ3) is 5.70. The number of rotatable bonds is 4. The van der Waals surface area contributed by atoms with Crippen molar-refractivity contribution < 1.29 is 12.3 Å². The molecule has 1 fully saturated rings. The van der Waals surface area contributed by atoms with Gasteiger partial charge in [0.15, 0.2) is 0 Å². The average molecular weight is 732 g/mol. The molecule has 0 saturated heterocycles. The summed E-state index contributed by atoms with van der Waals surface area (Å²) in [6.45, 7) is 15.7. The molecule has 0 amide bonds. The summed E-state index contributed by atoms with van der Waals surface area (Å²) in [6.07, 6.45) is 5.53. The van der Waals surface area contributed by atoms with E-state index in [-0.39, 0.29) is 39.9 Å². The maximum Gasteiger partial charge on any atom is 0.0647 e. The molecule has 3 aliphatic rings. The highest BCUT2D eigenvalue weighted by Gasteiger charge is 2.57. The second-order valence-electron chi connectivity index (χ2n) is 19.2. The van der Waals surface area contributed by atoms with Gasteiger partial charge in [-0.15, -0.1) is 11.3 Å². The molecule has 2 aliphatic carbocycles. The highest BCUT2D eigenvalue weighted by atomic mass is 32.1. The minimum Gasteiger partial charge on any atom is -0.334 e. The molecule has 0 bridgehead atoms. The van der Waals surface area contributed by atoms with Crippen LogP contribution in [0.3, 0.4) is 0 Å². The van der Waals surface area contributed by atoms with Gasteiger partial charge < -0.3 is 9.80 Å². The van der Waals surface area contributed by atoms with Crippen LogP contribution in [0.2, 0.25) is 0 Å². The zero-order chi connectivity index (χ0) is 45.5. The number of hydrogen-bond donors (Lipinski definition) is 0. The lowest BCUT2D eigenvalue weighted by Crippen LogP contribution is -2.54. The Morgan fingerprint density at radius 1 is 0.698 bits per heavy atom. The van der Waals surface area contributed by atoms with Crippen LogP contribution in [0.1, 0.15) is 162 Å². The van der Waals surface area contributed by atoms with Gasteiger partial charge in [-0.3, -0.25) is 0 Å². The molecule has 0 N–H and O–H groups in total. The highest BCUT2D eigenvalue weighted by Crippen LogP contribution is 2.61. The minimum absolute atomic E-state index is 0.0121. The Kier molecular flexibility index (Phi) is 6.12. The SMILES string of the molecule is [2H]c1cc2c(c([2H])c1[2H])C1(C)CCCCC1(C)N2c1cc(N(c2ccc(C(C)(C)C)cc2)c2csc3cc4c(cc23)C(C)(C)CCC4(C)C)cc(C(C)(C([2H])([2H])[2H])C([2H])([2H])[2H])c1. The maximum atomic E-state index is 9.29. The van der Waals surface area contributed by atoms with Gasteiger partial charge in [-0.25, -0.2) is 0 Å². The van der Waals surface area contributed by atoms with Gasteiger partial charge in [0.2, 0.25) is 0 Å². The molecule has 2 heterocycles. The number of fused-ring (bicyclic) bond motifs is 5. The lowest BCUT2D eigenvalue weighted by Gasteiger charge is -2.50. The summed E-state index contributed by atoms with van der Waals surface area (Å²) in [5, 5.41) is 3.24. The summed E-state index contributed by atoms with van der Waals surface area (Å²) in [7, 11) is 0. The molecule has 5 aromatic rings. The molecule has 3 heteroatoms.